The molecule has 0 saturated carbocycles. The summed E-state index contributed by atoms with van der Waals surface area (Å²) < 4.78 is 25.8. The minimum Gasteiger partial charge on any atom is -0.298 e. The standard InChI is InChI=1S/C13H15N3O3S/c17-9-10-4-5-16-12(7-10)14-15-13(16)8-11-3-1-2-6-20(11,18)19/h4-5,7,9,11H,1-3,6,8H2. The highest BCUT2D eigenvalue weighted by atomic mass is 32.2. The molecule has 1 unspecified atom stereocenters. The highest BCUT2D eigenvalue weighted by Gasteiger charge is 2.30. The second-order valence-electron chi connectivity index (χ2n) is 5.11. The monoisotopic (exact) mass is 293 g/mol. The quantitative estimate of drug-likeness (QED) is 0.790. The van der Waals surface area contributed by atoms with Gasteiger partial charge >= 0.3 is 0 Å². The Morgan fingerprint density at radius 1 is 1.35 bits per heavy atom. The van der Waals surface area contributed by atoms with E-state index in [0.29, 0.717) is 29.9 Å². The fourth-order valence-corrected chi connectivity index (χ4v) is 4.49. The molecule has 3 rings (SSSR count). The minimum atomic E-state index is -3.02. The van der Waals surface area contributed by atoms with Crippen molar-refractivity contribution in [3.63, 3.8) is 0 Å². The van der Waals surface area contributed by atoms with Gasteiger partial charge in [0.25, 0.3) is 0 Å². The lowest BCUT2D eigenvalue weighted by Crippen LogP contribution is -2.30. The summed E-state index contributed by atoms with van der Waals surface area (Å²) in [6.45, 7) is 0. The molecule has 0 N–H and O–H groups in total. The summed E-state index contributed by atoms with van der Waals surface area (Å²) in [5.41, 5.74) is 1.10. The van der Waals surface area contributed by atoms with Gasteiger partial charge in [-0.1, -0.05) is 6.42 Å². The maximum atomic E-state index is 12.0. The molecule has 1 saturated heterocycles. The third-order valence-electron chi connectivity index (χ3n) is 3.76. The Balaban J connectivity index is 1.93. The van der Waals surface area contributed by atoms with Gasteiger partial charge in [-0.3, -0.25) is 9.20 Å². The molecule has 1 fully saturated rings. The van der Waals surface area contributed by atoms with E-state index < -0.39 is 9.84 Å². The van der Waals surface area contributed by atoms with E-state index >= 15 is 0 Å². The number of aldehydes is 1. The molecule has 1 aliphatic rings. The van der Waals surface area contributed by atoms with E-state index in [0.717, 1.165) is 19.1 Å². The molecule has 20 heavy (non-hydrogen) atoms. The van der Waals surface area contributed by atoms with E-state index in [1.807, 2.05) is 0 Å². The summed E-state index contributed by atoms with van der Waals surface area (Å²) in [4.78, 5) is 10.7. The van der Waals surface area contributed by atoms with Crippen molar-refractivity contribution in [2.75, 3.05) is 5.75 Å². The number of nitrogens with zero attached hydrogens (tertiary/aromatic N) is 3. The maximum absolute atomic E-state index is 12.0. The van der Waals surface area contributed by atoms with Crippen LogP contribution in [0.25, 0.3) is 5.65 Å². The first-order chi connectivity index (χ1) is 9.60. The lowest BCUT2D eigenvalue weighted by atomic mass is 10.1. The van der Waals surface area contributed by atoms with E-state index in [1.54, 1.807) is 22.7 Å². The topological polar surface area (TPSA) is 81.4 Å². The molecule has 2 aromatic rings. The predicted molar refractivity (Wildman–Crippen MR) is 73.5 cm³/mol. The molecular weight excluding hydrogens is 278 g/mol. The average Bonchev–Trinajstić information content (AvgIpc) is 2.83. The molecule has 2 aromatic heterocycles. The zero-order valence-corrected chi connectivity index (χ0v) is 11.7. The van der Waals surface area contributed by atoms with Crippen molar-refractivity contribution in [3.8, 4) is 0 Å². The van der Waals surface area contributed by atoms with E-state index in [4.69, 9.17) is 0 Å². The number of aromatic nitrogens is 3. The van der Waals surface area contributed by atoms with Crippen LogP contribution in [0.2, 0.25) is 0 Å². The summed E-state index contributed by atoms with van der Waals surface area (Å²) in [5.74, 6) is 0.900. The Bertz CT molecular complexity index is 751. The summed E-state index contributed by atoms with van der Waals surface area (Å²) in [6, 6.07) is 3.31. The van der Waals surface area contributed by atoms with Gasteiger partial charge < -0.3 is 0 Å². The van der Waals surface area contributed by atoms with Gasteiger partial charge in [0.05, 0.1) is 11.0 Å². The lowest BCUT2D eigenvalue weighted by Gasteiger charge is -2.21. The number of hydrogen-bond acceptors (Lipinski definition) is 5. The SMILES string of the molecule is O=Cc1ccn2c(CC3CCCCS3(=O)=O)nnc2c1. The van der Waals surface area contributed by atoms with Crippen LogP contribution in [-0.4, -0.2) is 40.3 Å². The Kier molecular flexibility index (Phi) is 3.29. The van der Waals surface area contributed by atoms with E-state index in [9.17, 15) is 13.2 Å². The summed E-state index contributed by atoms with van der Waals surface area (Å²) in [6.07, 6.45) is 5.22. The van der Waals surface area contributed by atoms with Crippen molar-refractivity contribution in [2.45, 2.75) is 30.9 Å². The normalized spacial score (nSPS) is 21.9. The number of carbonyl (C=O) groups excluding carboxylic acids is 1. The molecule has 7 heteroatoms. The molecule has 0 spiro atoms. The smallest absolute Gasteiger partial charge is 0.161 e. The molecule has 1 aliphatic heterocycles. The predicted octanol–water partition coefficient (Wildman–Crippen LogP) is 1.05. The molecule has 3 heterocycles. The molecule has 0 radical (unpaired) electrons. The van der Waals surface area contributed by atoms with Gasteiger partial charge in [-0.15, -0.1) is 10.2 Å². The van der Waals surface area contributed by atoms with E-state index in [2.05, 4.69) is 10.2 Å². The second-order valence-corrected chi connectivity index (χ2v) is 7.51. The van der Waals surface area contributed by atoms with E-state index in [1.165, 1.54) is 0 Å². The van der Waals surface area contributed by atoms with Crippen LogP contribution in [-0.2, 0) is 16.3 Å². The third kappa shape index (κ3) is 2.33. The Hall–Kier alpha value is -1.76. The Labute approximate surface area is 116 Å². The van der Waals surface area contributed by atoms with Crippen LogP contribution >= 0.6 is 0 Å². The van der Waals surface area contributed by atoms with Gasteiger partial charge in [0.2, 0.25) is 0 Å². The zero-order chi connectivity index (χ0) is 14.2. The van der Waals surface area contributed by atoms with Crippen molar-refractivity contribution in [1.29, 1.82) is 0 Å². The summed E-state index contributed by atoms with van der Waals surface area (Å²) >= 11 is 0. The largest absolute Gasteiger partial charge is 0.298 e. The molecule has 0 aromatic carbocycles. The second kappa shape index (κ2) is 4.97. The number of hydrogen-bond donors (Lipinski definition) is 0. The van der Waals surface area contributed by atoms with Gasteiger partial charge in [-0.25, -0.2) is 8.42 Å². The third-order valence-corrected chi connectivity index (χ3v) is 6.04. The van der Waals surface area contributed by atoms with Crippen molar-refractivity contribution in [3.05, 3.63) is 29.7 Å². The molecule has 106 valence electrons. The first-order valence-corrected chi connectivity index (χ1v) is 8.32. The fourth-order valence-electron chi connectivity index (χ4n) is 2.62. The van der Waals surface area contributed by atoms with Gasteiger partial charge in [0, 0.05) is 18.2 Å². The van der Waals surface area contributed by atoms with Crippen molar-refractivity contribution in [2.24, 2.45) is 0 Å². The molecule has 0 bridgehead atoms. The molecular formula is C13H15N3O3S. The fraction of sp³-hybridized carbons (Fsp3) is 0.462. The Morgan fingerprint density at radius 2 is 2.20 bits per heavy atom. The molecule has 6 nitrogen and oxygen atoms in total. The average molecular weight is 293 g/mol. The van der Waals surface area contributed by atoms with Crippen LogP contribution in [0.3, 0.4) is 0 Å². The molecule has 0 aliphatic carbocycles. The van der Waals surface area contributed by atoms with Crippen LogP contribution in [0.15, 0.2) is 18.3 Å². The first-order valence-electron chi connectivity index (χ1n) is 6.60. The van der Waals surface area contributed by atoms with Crippen LogP contribution in [0, 0.1) is 0 Å². The number of sulfone groups is 1. The first kappa shape index (κ1) is 13.2. The van der Waals surface area contributed by atoms with Crippen LogP contribution < -0.4 is 0 Å². The minimum absolute atomic E-state index is 0.268. The van der Waals surface area contributed by atoms with Crippen LogP contribution in [0.4, 0.5) is 0 Å². The summed E-state index contributed by atoms with van der Waals surface area (Å²) in [5, 5.41) is 7.70. The van der Waals surface area contributed by atoms with Crippen molar-refractivity contribution >= 4 is 21.8 Å². The van der Waals surface area contributed by atoms with Crippen molar-refractivity contribution < 1.29 is 13.2 Å². The Morgan fingerprint density at radius 3 is 2.95 bits per heavy atom. The van der Waals surface area contributed by atoms with Crippen molar-refractivity contribution in [1.82, 2.24) is 14.6 Å². The van der Waals surface area contributed by atoms with Gasteiger partial charge in [-0.2, -0.15) is 0 Å². The van der Waals surface area contributed by atoms with Gasteiger partial charge in [-0.05, 0) is 25.0 Å². The molecule has 0 amide bonds. The number of carbonyl (C=O) groups is 1. The zero-order valence-electron chi connectivity index (χ0n) is 10.9. The summed E-state index contributed by atoms with van der Waals surface area (Å²) in [7, 11) is -3.02. The van der Waals surface area contributed by atoms with Gasteiger partial charge in [0.1, 0.15) is 12.1 Å². The lowest BCUT2D eigenvalue weighted by molar-refractivity contribution is 0.112. The van der Waals surface area contributed by atoms with Crippen LogP contribution in [0.5, 0.6) is 0 Å². The number of rotatable bonds is 3. The highest BCUT2D eigenvalue weighted by Crippen LogP contribution is 2.22. The number of pyridine rings is 1. The number of fused-ring (bicyclic) bond motifs is 1. The maximum Gasteiger partial charge on any atom is 0.161 e. The van der Waals surface area contributed by atoms with Gasteiger partial charge in [0.15, 0.2) is 15.5 Å². The van der Waals surface area contributed by atoms with E-state index in [-0.39, 0.29) is 11.0 Å². The molecule has 1 atom stereocenters. The highest BCUT2D eigenvalue weighted by molar-refractivity contribution is 7.92. The van der Waals surface area contributed by atoms with Crippen LogP contribution in [0.1, 0.15) is 35.4 Å².